The minimum absolute atomic E-state index is 0.984. The Hall–Kier alpha value is -2.74. The van der Waals surface area contributed by atoms with Crippen LogP contribution >= 0.6 is 0 Å². The van der Waals surface area contributed by atoms with E-state index < -0.39 is 0 Å². The Bertz CT molecular complexity index is 899. The van der Waals surface area contributed by atoms with E-state index in [0.29, 0.717) is 0 Å². The SMILES string of the molecule is c1ccc(-c2ncnc3ccc4ccccc4c23)cc1. The highest BCUT2D eigenvalue weighted by molar-refractivity contribution is 6.11. The van der Waals surface area contributed by atoms with Crippen LogP contribution in [0.5, 0.6) is 0 Å². The summed E-state index contributed by atoms with van der Waals surface area (Å²) in [5, 5.41) is 3.54. The van der Waals surface area contributed by atoms with Crippen LogP contribution in [0.1, 0.15) is 0 Å². The van der Waals surface area contributed by atoms with E-state index in [-0.39, 0.29) is 0 Å². The van der Waals surface area contributed by atoms with E-state index in [0.717, 1.165) is 22.2 Å². The average Bonchev–Trinajstić information content (AvgIpc) is 2.55. The van der Waals surface area contributed by atoms with Crippen molar-refractivity contribution in [3.63, 3.8) is 0 Å². The van der Waals surface area contributed by atoms with Crippen molar-refractivity contribution in [3.05, 3.63) is 73.1 Å². The Labute approximate surface area is 116 Å². The first-order valence-corrected chi connectivity index (χ1v) is 6.61. The molecule has 4 aromatic rings. The predicted octanol–water partition coefficient (Wildman–Crippen LogP) is 4.45. The fourth-order valence-electron chi connectivity index (χ4n) is 2.64. The summed E-state index contributed by atoms with van der Waals surface area (Å²) in [4.78, 5) is 8.92. The van der Waals surface area contributed by atoms with Crippen molar-refractivity contribution in [3.8, 4) is 11.3 Å². The van der Waals surface area contributed by atoms with Crippen molar-refractivity contribution in [2.45, 2.75) is 0 Å². The van der Waals surface area contributed by atoms with Gasteiger partial charge in [0.05, 0.1) is 11.2 Å². The Balaban J connectivity index is 2.19. The molecule has 1 aromatic heterocycles. The molecule has 0 bridgehead atoms. The van der Waals surface area contributed by atoms with Crippen LogP contribution < -0.4 is 0 Å². The summed E-state index contributed by atoms with van der Waals surface area (Å²) >= 11 is 0. The molecule has 3 aromatic carbocycles. The van der Waals surface area contributed by atoms with Crippen LogP contribution in [0.2, 0.25) is 0 Å². The van der Waals surface area contributed by atoms with Gasteiger partial charge in [0.15, 0.2) is 0 Å². The van der Waals surface area contributed by atoms with Crippen molar-refractivity contribution >= 4 is 21.7 Å². The van der Waals surface area contributed by atoms with Gasteiger partial charge in [-0.25, -0.2) is 9.97 Å². The topological polar surface area (TPSA) is 25.8 Å². The van der Waals surface area contributed by atoms with Crippen molar-refractivity contribution in [1.29, 1.82) is 0 Å². The van der Waals surface area contributed by atoms with Crippen molar-refractivity contribution in [2.24, 2.45) is 0 Å². The molecule has 0 fully saturated rings. The maximum Gasteiger partial charge on any atom is 0.116 e. The molecule has 2 nitrogen and oxygen atoms in total. The van der Waals surface area contributed by atoms with E-state index in [1.54, 1.807) is 6.33 Å². The second-order valence-electron chi connectivity index (χ2n) is 4.77. The molecule has 0 saturated carbocycles. The molecule has 0 aliphatic carbocycles. The van der Waals surface area contributed by atoms with Crippen molar-refractivity contribution in [2.75, 3.05) is 0 Å². The number of hydrogen-bond donors (Lipinski definition) is 0. The normalized spacial score (nSPS) is 11.0. The third-order valence-corrected chi connectivity index (χ3v) is 3.57. The second-order valence-corrected chi connectivity index (χ2v) is 4.77. The lowest BCUT2D eigenvalue weighted by Crippen LogP contribution is -1.90. The van der Waals surface area contributed by atoms with Gasteiger partial charge >= 0.3 is 0 Å². The molecule has 0 amide bonds. The van der Waals surface area contributed by atoms with Crippen LogP contribution in [0.25, 0.3) is 32.9 Å². The summed E-state index contributed by atoms with van der Waals surface area (Å²) in [5.74, 6) is 0. The van der Waals surface area contributed by atoms with E-state index in [1.807, 2.05) is 18.2 Å². The van der Waals surface area contributed by atoms with E-state index in [1.165, 1.54) is 10.8 Å². The number of aromatic nitrogens is 2. The summed E-state index contributed by atoms with van der Waals surface area (Å²) in [5.41, 5.74) is 3.10. The molecule has 0 N–H and O–H groups in total. The maximum absolute atomic E-state index is 4.52. The van der Waals surface area contributed by atoms with E-state index >= 15 is 0 Å². The summed E-state index contributed by atoms with van der Waals surface area (Å²) in [6, 6.07) is 22.8. The minimum Gasteiger partial charge on any atom is -0.236 e. The molecule has 1 heterocycles. The Kier molecular flexibility index (Phi) is 2.46. The second kappa shape index (κ2) is 4.42. The lowest BCUT2D eigenvalue weighted by atomic mass is 10.0. The zero-order valence-electron chi connectivity index (χ0n) is 10.8. The summed E-state index contributed by atoms with van der Waals surface area (Å²) < 4.78 is 0. The predicted molar refractivity (Wildman–Crippen MR) is 82.5 cm³/mol. The maximum atomic E-state index is 4.52. The van der Waals surface area contributed by atoms with Crippen molar-refractivity contribution in [1.82, 2.24) is 9.97 Å². The van der Waals surface area contributed by atoms with E-state index in [4.69, 9.17) is 0 Å². The molecule has 0 atom stereocenters. The van der Waals surface area contributed by atoms with Gasteiger partial charge in [0.1, 0.15) is 6.33 Å². The average molecular weight is 256 g/mol. The minimum atomic E-state index is 0.984. The molecule has 20 heavy (non-hydrogen) atoms. The quantitative estimate of drug-likeness (QED) is 0.470. The van der Waals surface area contributed by atoms with Crippen LogP contribution in [0.15, 0.2) is 73.1 Å². The largest absolute Gasteiger partial charge is 0.236 e. The molecule has 0 radical (unpaired) electrons. The number of fused-ring (bicyclic) bond motifs is 3. The highest BCUT2D eigenvalue weighted by Crippen LogP contribution is 2.31. The molecule has 0 aliphatic rings. The first-order valence-electron chi connectivity index (χ1n) is 6.61. The molecular weight excluding hydrogens is 244 g/mol. The van der Waals surface area contributed by atoms with E-state index in [9.17, 15) is 0 Å². The van der Waals surface area contributed by atoms with Crippen LogP contribution in [-0.2, 0) is 0 Å². The van der Waals surface area contributed by atoms with Gasteiger partial charge in [0, 0.05) is 10.9 Å². The number of rotatable bonds is 1. The Morgan fingerprint density at radius 1 is 0.650 bits per heavy atom. The first kappa shape index (κ1) is 11.1. The number of benzene rings is 3. The van der Waals surface area contributed by atoms with Crippen molar-refractivity contribution < 1.29 is 0 Å². The van der Waals surface area contributed by atoms with Gasteiger partial charge in [0.25, 0.3) is 0 Å². The molecule has 0 unspecified atom stereocenters. The monoisotopic (exact) mass is 256 g/mol. The van der Waals surface area contributed by atoms with Crippen LogP contribution in [0.4, 0.5) is 0 Å². The molecule has 94 valence electrons. The molecule has 2 heteroatoms. The van der Waals surface area contributed by atoms with Gasteiger partial charge in [-0.2, -0.15) is 0 Å². The Morgan fingerprint density at radius 3 is 2.35 bits per heavy atom. The van der Waals surface area contributed by atoms with Gasteiger partial charge in [-0.05, 0) is 16.8 Å². The zero-order valence-corrected chi connectivity index (χ0v) is 10.8. The van der Waals surface area contributed by atoms with E-state index in [2.05, 4.69) is 58.5 Å². The van der Waals surface area contributed by atoms with Gasteiger partial charge < -0.3 is 0 Å². The van der Waals surface area contributed by atoms with Crippen LogP contribution in [-0.4, -0.2) is 9.97 Å². The highest BCUT2D eigenvalue weighted by atomic mass is 14.8. The third-order valence-electron chi connectivity index (χ3n) is 3.57. The summed E-state index contributed by atoms with van der Waals surface area (Å²) in [6.07, 6.45) is 1.64. The summed E-state index contributed by atoms with van der Waals surface area (Å²) in [7, 11) is 0. The fourth-order valence-corrected chi connectivity index (χ4v) is 2.64. The molecule has 0 aliphatic heterocycles. The van der Waals surface area contributed by atoms with Gasteiger partial charge in [0.2, 0.25) is 0 Å². The summed E-state index contributed by atoms with van der Waals surface area (Å²) in [6.45, 7) is 0. The number of nitrogens with zero attached hydrogens (tertiary/aromatic N) is 2. The molecular formula is C18H12N2. The van der Waals surface area contributed by atoms with Crippen LogP contribution in [0, 0.1) is 0 Å². The third kappa shape index (κ3) is 1.66. The molecule has 0 spiro atoms. The zero-order chi connectivity index (χ0) is 13.4. The number of hydrogen-bond acceptors (Lipinski definition) is 2. The molecule has 4 rings (SSSR count). The van der Waals surface area contributed by atoms with Gasteiger partial charge in [-0.1, -0.05) is 60.7 Å². The lowest BCUT2D eigenvalue weighted by molar-refractivity contribution is 1.23. The smallest absolute Gasteiger partial charge is 0.116 e. The standard InChI is InChI=1S/C18H12N2/c1-2-7-14(8-3-1)18-17-15-9-5-4-6-13(15)10-11-16(17)19-12-20-18/h1-12H. The van der Waals surface area contributed by atoms with Crippen LogP contribution in [0.3, 0.4) is 0 Å². The first-order chi connectivity index (χ1) is 9.93. The van der Waals surface area contributed by atoms with Gasteiger partial charge in [-0.15, -0.1) is 0 Å². The molecule has 0 saturated heterocycles. The highest BCUT2D eigenvalue weighted by Gasteiger charge is 2.09. The Morgan fingerprint density at radius 2 is 1.45 bits per heavy atom. The fraction of sp³-hybridized carbons (Fsp3) is 0. The lowest BCUT2D eigenvalue weighted by Gasteiger charge is -2.08. The van der Waals surface area contributed by atoms with Gasteiger partial charge in [-0.3, -0.25) is 0 Å².